The number of benzene rings is 2. The number of fused-ring (bicyclic) bond motifs is 1. The van der Waals surface area contributed by atoms with E-state index in [4.69, 9.17) is 4.74 Å². The maximum absolute atomic E-state index is 12.9. The van der Waals surface area contributed by atoms with Gasteiger partial charge in [0.1, 0.15) is 12.4 Å². The van der Waals surface area contributed by atoms with Gasteiger partial charge in [-0.25, -0.2) is 0 Å². The van der Waals surface area contributed by atoms with Gasteiger partial charge in [0.15, 0.2) is 0 Å². The zero-order valence-corrected chi connectivity index (χ0v) is 16.5. The SMILES string of the molecule is C=CCN1C(=O)C(C)(C)COc2ccc(NC(=O)c3ccc(C(F)(F)F)cc3)cc21. The van der Waals surface area contributed by atoms with Gasteiger partial charge in [-0.15, -0.1) is 6.58 Å². The van der Waals surface area contributed by atoms with Crippen molar-refractivity contribution in [2.75, 3.05) is 23.4 Å². The Labute approximate surface area is 172 Å². The first-order valence-corrected chi connectivity index (χ1v) is 9.21. The summed E-state index contributed by atoms with van der Waals surface area (Å²) in [6.07, 6.45) is -2.88. The van der Waals surface area contributed by atoms with E-state index >= 15 is 0 Å². The molecule has 2 aromatic carbocycles. The zero-order valence-electron chi connectivity index (χ0n) is 16.5. The van der Waals surface area contributed by atoms with E-state index in [1.165, 1.54) is 4.90 Å². The highest BCUT2D eigenvalue weighted by atomic mass is 19.4. The van der Waals surface area contributed by atoms with Gasteiger partial charge in [0.05, 0.1) is 16.7 Å². The van der Waals surface area contributed by atoms with E-state index in [0.717, 1.165) is 24.3 Å². The molecular formula is C22H21F3N2O3. The van der Waals surface area contributed by atoms with Crippen LogP contribution in [0.5, 0.6) is 5.75 Å². The second-order valence-electron chi connectivity index (χ2n) is 7.59. The summed E-state index contributed by atoms with van der Waals surface area (Å²) in [6.45, 7) is 7.71. The van der Waals surface area contributed by atoms with Crippen molar-refractivity contribution in [1.29, 1.82) is 0 Å². The second-order valence-corrected chi connectivity index (χ2v) is 7.59. The molecule has 0 aliphatic carbocycles. The van der Waals surface area contributed by atoms with Crippen molar-refractivity contribution in [3.8, 4) is 5.75 Å². The highest BCUT2D eigenvalue weighted by Crippen LogP contribution is 2.38. The highest BCUT2D eigenvalue weighted by Gasteiger charge is 2.37. The molecule has 1 heterocycles. The average Bonchev–Trinajstić information content (AvgIpc) is 2.78. The Morgan fingerprint density at radius 3 is 2.50 bits per heavy atom. The van der Waals surface area contributed by atoms with Gasteiger partial charge in [0.25, 0.3) is 5.91 Å². The lowest BCUT2D eigenvalue weighted by molar-refractivity contribution is -0.137. The monoisotopic (exact) mass is 418 g/mol. The van der Waals surface area contributed by atoms with Crippen molar-refractivity contribution >= 4 is 23.2 Å². The van der Waals surface area contributed by atoms with Crippen LogP contribution < -0.4 is 15.0 Å². The number of carbonyl (C=O) groups is 2. The predicted octanol–water partition coefficient (Wildman–Crippen LogP) is 4.90. The van der Waals surface area contributed by atoms with Gasteiger partial charge in [-0.05, 0) is 56.3 Å². The Balaban J connectivity index is 1.87. The molecule has 0 radical (unpaired) electrons. The van der Waals surface area contributed by atoms with E-state index in [9.17, 15) is 22.8 Å². The van der Waals surface area contributed by atoms with Gasteiger partial charge < -0.3 is 15.0 Å². The van der Waals surface area contributed by atoms with Crippen molar-refractivity contribution in [1.82, 2.24) is 0 Å². The molecule has 0 saturated heterocycles. The summed E-state index contributed by atoms with van der Waals surface area (Å²) in [5.74, 6) is -0.226. The van der Waals surface area contributed by atoms with Crippen LogP contribution in [0.15, 0.2) is 55.1 Å². The normalized spacial score (nSPS) is 15.6. The van der Waals surface area contributed by atoms with Crippen LogP contribution in [0.2, 0.25) is 0 Å². The van der Waals surface area contributed by atoms with Crippen molar-refractivity contribution in [2.45, 2.75) is 20.0 Å². The molecule has 8 heteroatoms. The zero-order chi connectivity index (χ0) is 22.1. The summed E-state index contributed by atoms with van der Waals surface area (Å²) in [5.41, 5.74) is -0.637. The molecule has 2 amide bonds. The predicted molar refractivity (Wildman–Crippen MR) is 108 cm³/mol. The Hall–Kier alpha value is -3.29. The van der Waals surface area contributed by atoms with Crippen molar-refractivity contribution < 1.29 is 27.5 Å². The smallest absolute Gasteiger partial charge is 0.416 e. The molecule has 0 fully saturated rings. The molecule has 0 bridgehead atoms. The summed E-state index contributed by atoms with van der Waals surface area (Å²) in [4.78, 5) is 26.9. The van der Waals surface area contributed by atoms with Gasteiger partial charge in [-0.1, -0.05) is 6.08 Å². The number of nitrogens with one attached hydrogen (secondary N) is 1. The van der Waals surface area contributed by atoms with E-state index in [1.807, 2.05) is 0 Å². The summed E-state index contributed by atoms with van der Waals surface area (Å²) >= 11 is 0. The maximum Gasteiger partial charge on any atom is 0.416 e. The van der Waals surface area contributed by atoms with E-state index in [-0.39, 0.29) is 24.6 Å². The molecule has 0 saturated carbocycles. The lowest BCUT2D eigenvalue weighted by Crippen LogP contribution is -2.42. The first-order valence-electron chi connectivity index (χ1n) is 9.21. The minimum Gasteiger partial charge on any atom is -0.490 e. The average molecular weight is 418 g/mol. The van der Waals surface area contributed by atoms with Crippen molar-refractivity contribution in [3.05, 3.63) is 66.2 Å². The number of halogens is 3. The van der Waals surface area contributed by atoms with Crippen LogP contribution >= 0.6 is 0 Å². The molecule has 30 heavy (non-hydrogen) atoms. The van der Waals surface area contributed by atoms with E-state index in [0.29, 0.717) is 17.1 Å². The standard InChI is InChI=1S/C22H21F3N2O3/c1-4-11-27-17-12-16(9-10-18(17)30-13-21(2,3)20(27)29)26-19(28)14-5-7-15(8-6-14)22(23,24)25/h4-10,12H,1,11,13H2,2-3H3,(H,26,28). The minimum atomic E-state index is -4.47. The number of carbonyl (C=O) groups excluding carboxylic acids is 2. The second kappa shape index (κ2) is 7.85. The Morgan fingerprint density at radius 1 is 1.23 bits per heavy atom. The van der Waals surface area contributed by atoms with Crippen LogP contribution in [-0.2, 0) is 11.0 Å². The fourth-order valence-corrected chi connectivity index (χ4v) is 3.05. The molecule has 3 rings (SSSR count). The number of hydrogen-bond donors (Lipinski definition) is 1. The number of nitrogens with zero attached hydrogens (tertiary/aromatic N) is 1. The minimum absolute atomic E-state index is 0.0781. The Bertz CT molecular complexity index is 982. The van der Waals surface area contributed by atoms with Gasteiger partial charge >= 0.3 is 6.18 Å². The number of hydrogen-bond acceptors (Lipinski definition) is 3. The van der Waals surface area contributed by atoms with E-state index < -0.39 is 23.1 Å². The van der Waals surface area contributed by atoms with Crippen LogP contribution in [-0.4, -0.2) is 25.0 Å². The van der Waals surface area contributed by atoms with Crippen LogP contribution in [0, 0.1) is 5.41 Å². The molecule has 158 valence electrons. The molecule has 1 aliphatic heterocycles. The lowest BCUT2D eigenvalue weighted by atomic mass is 9.93. The number of alkyl halides is 3. The van der Waals surface area contributed by atoms with Crippen LogP contribution in [0.1, 0.15) is 29.8 Å². The molecule has 1 N–H and O–H groups in total. The fraction of sp³-hybridized carbons (Fsp3) is 0.273. The third kappa shape index (κ3) is 4.32. The Morgan fingerprint density at radius 2 is 1.90 bits per heavy atom. The van der Waals surface area contributed by atoms with Crippen molar-refractivity contribution in [3.63, 3.8) is 0 Å². The van der Waals surface area contributed by atoms with Gasteiger partial charge in [-0.2, -0.15) is 13.2 Å². The van der Waals surface area contributed by atoms with E-state index in [1.54, 1.807) is 38.1 Å². The first-order chi connectivity index (χ1) is 14.0. The number of rotatable bonds is 4. The third-order valence-corrected chi connectivity index (χ3v) is 4.71. The largest absolute Gasteiger partial charge is 0.490 e. The number of amides is 2. The molecule has 0 aromatic heterocycles. The lowest BCUT2D eigenvalue weighted by Gasteiger charge is -2.27. The van der Waals surface area contributed by atoms with Crippen LogP contribution in [0.25, 0.3) is 0 Å². The molecule has 5 nitrogen and oxygen atoms in total. The van der Waals surface area contributed by atoms with E-state index in [2.05, 4.69) is 11.9 Å². The van der Waals surface area contributed by atoms with Gasteiger partial charge in [0.2, 0.25) is 5.91 Å². The van der Waals surface area contributed by atoms with Crippen LogP contribution in [0.3, 0.4) is 0 Å². The van der Waals surface area contributed by atoms with Crippen molar-refractivity contribution in [2.24, 2.45) is 5.41 Å². The summed E-state index contributed by atoms with van der Waals surface area (Å²) in [6, 6.07) is 8.78. The Kier molecular flexibility index (Phi) is 5.61. The summed E-state index contributed by atoms with van der Waals surface area (Å²) in [5, 5.41) is 2.65. The quantitative estimate of drug-likeness (QED) is 0.719. The topological polar surface area (TPSA) is 58.6 Å². The molecule has 0 spiro atoms. The van der Waals surface area contributed by atoms with Crippen LogP contribution in [0.4, 0.5) is 24.5 Å². The summed E-state index contributed by atoms with van der Waals surface area (Å²) in [7, 11) is 0. The van der Waals surface area contributed by atoms with Gasteiger partial charge in [0, 0.05) is 17.8 Å². The molecular weight excluding hydrogens is 397 g/mol. The molecule has 0 atom stereocenters. The maximum atomic E-state index is 12.9. The molecule has 2 aromatic rings. The molecule has 0 unspecified atom stereocenters. The number of ether oxygens (including phenoxy) is 1. The number of anilines is 2. The summed E-state index contributed by atoms with van der Waals surface area (Å²) < 4.78 is 43.9. The van der Waals surface area contributed by atoms with Gasteiger partial charge in [-0.3, -0.25) is 9.59 Å². The molecule has 1 aliphatic rings. The fourth-order valence-electron chi connectivity index (χ4n) is 3.05. The first kappa shape index (κ1) is 21.4. The highest BCUT2D eigenvalue weighted by molar-refractivity contribution is 6.05. The third-order valence-electron chi connectivity index (χ3n) is 4.71.